The molecule has 4 heteroatoms. The van der Waals surface area contributed by atoms with Crippen LogP contribution in [0.2, 0.25) is 0 Å². The molecule has 0 aliphatic rings. The highest BCUT2D eigenvalue weighted by Crippen LogP contribution is 2.38. The first-order valence-corrected chi connectivity index (χ1v) is 18.4. The fourth-order valence-electron chi connectivity index (χ4n) is 7.47. The van der Waals surface area contributed by atoms with E-state index in [1.165, 1.54) is 11.1 Å². The van der Waals surface area contributed by atoms with Crippen molar-refractivity contribution in [3.05, 3.63) is 200 Å². The number of benzene rings is 8. The smallest absolute Gasteiger partial charge is 0.164 e. The van der Waals surface area contributed by atoms with Crippen LogP contribution in [0.1, 0.15) is 0 Å². The highest BCUT2D eigenvalue weighted by atomic mass is 16.3. The Morgan fingerprint density at radius 2 is 0.655 bits per heavy atom. The summed E-state index contributed by atoms with van der Waals surface area (Å²) in [5.41, 5.74) is 13.3. The number of para-hydroxylation sites is 2. The van der Waals surface area contributed by atoms with Gasteiger partial charge in [0, 0.05) is 33.0 Å². The van der Waals surface area contributed by atoms with Crippen LogP contribution in [0.5, 0.6) is 0 Å². The van der Waals surface area contributed by atoms with Crippen molar-refractivity contribution in [1.82, 2.24) is 15.0 Å². The second-order valence-electron chi connectivity index (χ2n) is 13.6. The molecular formula is C51H33N3O. The number of furan rings is 1. The molecule has 0 aliphatic carbocycles. The maximum Gasteiger partial charge on any atom is 0.164 e. The first-order valence-electron chi connectivity index (χ1n) is 18.4. The first-order chi connectivity index (χ1) is 27.3. The molecule has 0 N–H and O–H groups in total. The van der Waals surface area contributed by atoms with Crippen molar-refractivity contribution in [2.45, 2.75) is 0 Å². The lowest BCUT2D eigenvalue weighted by Crippen LogP contribution is -2.02. The van der Waals surface area contributed by atoms with Gasteiger partial charge >= 0.3 is 0 Å². The van der Waals surface area contributed by atoms with E-state index < -0.39 is 0 Å². The molecule has 258 valence electrons. The maximum absolute atomic E-state index is 6.37. The molecule has 0 saturated carbocycles. The first kappa shape index (κ1) is 32.2. The van der Waals surface area contributed by atoms with Crippen LogP contribution in [0.15, 0.2) is 205 Å². The summed E-state index contributed by atoms with van der Waals surface area (Å²) in [6.07, 6.45) is 0. The Balaban J connectivity index is 1.11. The van der Waals surface area contributed by atoms with Gasteiger partial charge in [-0.25, -0.2) is 15.0 Å². The Labute approximate surface area is 319 Å². The minimum Gasteiger partial charge on any atom is -0.455 e. The van der Waals surface area contributed by atoms with Crippen molar-refractivity contribution in [2.75, 3.05) is 0 Å². The van der Waals surface area contributed by atoms with E-state index >= 15 is 0 Å². The molecule has 0 unspecified atom stereocenters. The lowest BCUT2D eigenvalue weighted by molar-refractivity contribution is 0.670. The summed E-state index contributed by atoms with van der Waals surface area (Å²) in [4.78, 5) is 15.6. The molecule has 0 aliphatic heterocycles. The molecule has 0 amide bonds. The van der Waals surface area contributed by atoms with Crippen LogP contribution < -0.4 is 0 Å². The van der Waals surface area contributed by atoms with Crippen LogP contribution in [-0.2, 0) is 0 Å². The van der Waals surface area contributed by atoms with Crippen LogP contribution in [0, 0.1) is 0 Å². The lowest BCUT2D eigenvalue weighted by Gasteiger charge is -2.14. The zero-order valence-electron chi connectivity index (χ0n) is 29.8. The minimum atomic E-state index is 0.602. The molecule has 0 atom stereocenters. The van der Waals surface area contributed by atoms with Gasteiger partial charge in [0.25, 0.3) is 0 Å². The molecule has 10 aromatic rings. The summed E-state index contributed by atoms with van der Waals surface area (Å²) in [6.45, 7) is 0. The Kier molecular flexibility index (Phi) is 8.12. The van der Waals surface area contributed by atoms with Gasteiger partial charge in [-0.3, -0.25) is 0 Å². The molecule has 10 rings (SSSR count). The average molecular weight is 704 g/mol. The van der Waals surface area contributed by atoms with Crippen LogP contribution in [-0.4, -0.2) is 15.0 Å². The fourth-order valence-corrected chi connectivity index (χ4v) is 7.47. The van der Waals surface area contributed by atoms with Crippen LogP contribution in [0.3, 0.4) is 0 Å². The SMILES string of the molecule is c1ccc(-c2ccc(-c3ccccc3-c3nc(-c4ccc(-c5cccc6c5oc5ccccc56)cc4)nc(-c4ccccc4-c4ccccc4)n3)cc2)cc1. The zero-order chi connectivity index (χ0) is 36.6. The van der Waals surface area contributed by atoms with E-state index in [9.17, 15) is 0 Å². The summed E-state index contributed by atoms with van der Waals surface area (Å²) in [6, 6.07) is 69.2. The Hall–Kier alpha value is -7.43. The number of hydrogen-bond acceptors (Lipinski definition) is 4. The number of nitrogens with zero attached hydrogens (tertiary/aromatic N) is 3. The molecule has 4 nitrogen and oxygen atoms in total. The van der Waals surface area contributed by atoms with Crippen molar-refractivity contribution in [2.24, 2.45) is 0 Å². The molecular weight excluding hydrogens is 671 g/mol. The van der Waals surface area contributed by atoms with Crippen molar-refractivity contribution in [1.29, 1.82) is 0 Å². The number of aromatic nitrogens is 3. The van der Waals surface area contributed by atoms with E-state index in [1.54, 1.807) is 0 Å². The molecule has 0 spiro atoms. The van der Waals surface area contributed by atoms with Gasteiger partial charge in [0.1, 0.15) is 11.2 Å². The second kappa shape index (κ2) is 13.8. The average Bonchev–Trinajstić information content (AvgIpc) is 3.66. The van der Waals surface area contributed by atoms with Gasteiger partial charge in [-0.1, -0.05) is 194 Å². The van der Waals surface area contributed by atoms with E-state index in [1.807, 2.05) is 42.5 Å². The predicted octanol–water partition coefficient (Wildman–Crippen LogP) is 13.4. The van der Waals surface area contributed by atoms with Gasteiger partial charge < -0.3 is 4.42 Å². The number of hydrogen-bond donors (Lipinski definition) is 0. The number of fused-ring (bicyclic) bond motifs is 3. The Bertz CT molecular complexity index is 2950. The normalized spacial score (nSPS) is 11.3. The van der Waals surface area contributed by atoms with Crippen LogP contribution >= 0.6 is 0 Å². The van der Waals surface area contributed by atoms with E-state index in [0.717, 1.165) is 72.0 Å². The van der Waals surface area contributed by atoms with Gasteiger partial charge in [0.05, 0.1) is 0 Å². The zero-order valence-corrected chi connectivity index (χ0v) is 29.8. The molecule has 0 fully saturated rings. The van der Waals surface area contributed by atoms with Crippen molar-refractivity contribution in [3.8, 4) is 78.7 Å². The van der Waals surface area contributed by atoms with Crippen molar-refractivity contribution >= 4 is 21.9 Å². The van der Waals surface area contributed by atoms with E-state index in [-0.39, 0.29) is 0 Å². The topological polar surface area (TPSA) is 51.8 Å². The Morgan fingerprint density at radius 3 is 1.29 bits per heavy atom. The lowest BCUT2D eigenvalue weighted by atomic mass is 9.96. The quantitative estimate of drug-likeness (QED) is 0.166. The molecule has 0 saturated heterocycles. The summed E-state index contributed by atoms with van der Waals surface area (Å²) in [7, 11) is 0. The molecule has 55 heavy (non-hydrogen) atoms. The monoisotopic (exact) mass is 703 g/mol. The van der Waals surface area contributed by atoms with Gasteiger partial charge in [-0.15, -0.1) is 0 Å². The second-order valence-corrected chi connectivity index (χ2v) is 13.6. The van der Waals surface area contributed by atoms with Gasteiger partial charge in [-0.2, -0.15) is 0 Å². The third-order valence-electron chi connectivity index (χ3n) is 10.2. The minimum absolute atomic E-state index is 0.602. The molecule has 0 bridgehead atoms. The molecule has 2 aromatic heterocycles. The predicted molar refractivity (Wildman–Crippen MR) is 225 cm³/mol. The largest absolute Gasteiger partial charge is 0.455 e. The highest BCUT2D eigenvalue weighted by Gasteiger charge is 2.19. The molecule has 0 radical (unpaired) electrons. The maximum atomic E-state index is 6.37. The van der Waals surface area contributed by atoms with Gasteiger partial charge in [-0.05, 0) is 45.0 Å². The van der Waals surface area contributed by atoms with E-state index in [2.05, 4.69) is 158 Å². The van der Waals surface area contributed by atoms with Gasteiger partial charge in [0.15, 0.2) is 17.5 Å². The Morgan fingerprint density at radius 1 is 0.255 bits per heavy atom. The standard InChI is InChI=1S/C51H33N3O/c1-3-14-34(15-4-1)35-26-28-37(29-27-35)41-19-8-10-22-46(41)51-53-49(52-50(54-51)45-21-9-7-18-40(45)36-16-5-2-6-17-36)39-32-30-38(31-33-39)42-23-13-24-44-43-20-11-12-25-47(43)55-48(42)44/h1-33H. The van der Waals surface area contributed by atoms with E-state index in [0.29, 0.717) is 17.5 Å². The fraction of sp³-hybridized carbons (Fsp3) is 0. The van der Waals surface area contributed by atoms with Gasteiger partial charge in [0.2, 0.25) is 0 Å². The summed E-state index contributed by atoms with van der Waals surface area (Å²) >= 11 is 0. The van der Waals surface area contributed by atoms with Crippen molar-refractivity contribution in [3.63, 3.8) is 0 Å². The van der Waals surface area contributed by atoms with Crippen LogP contribution in [0.25, 0.3) is 101 Å². The molecule has 8 aromatic carbocycles. The van der Waals surface area contributed by atoms with Crippen LogP contribution in [0.4, 0.5) is 0 Å². The number of rotatable bonds is 7. The highest BCUT2D eigenvalue weighted by molar-refractivity contribution is 6.09. The molecule has 2 heterocycles. The third kappa shape index (κ3) is 6.06. The summed E-state index contributed by atoms with van der Waals surface area (Å²) in [5.74, 6) is 1.83. The third-order valence-corrected chi connectivity index (χ3v) is 10.2. The van der Waals surface area contributed by atoms with E-state index in [4.69, 9.17) is 19.4 Å². The van der Waals surface area contributed by atoms with Crippen molar-refractivity contribution < 1.29 is 4.42 Å². The summed E-state index contributed by atoms with van der Waals surface area (Å²) in [5, 5.41) is 2.22. The summed E-state index contributed by atoms with van der Waals surface area (Å²) < 4.78 is 6.37.